The first kappa shape index (κ1) is 17.5. The van der Waals surface area contributed by atoms with Gasteiger partial charge in [-0.2, -0.15) is 0 Å². The van der Waals surface area contributed by atoms with Gasteiger partial charge < -0.3 is 5.32 Å². The summed E-state index contributed by atoms with van der Waals surface area (Å²) in [5.41, 5.74) is 3.60. The number of nitrogens with zero attached hydrogens (tertiary/aromatic N) is 3. The van der Waals surface area contributed by atoms with E-state index in [4.69, 9.17) is 0 Å². The molecule has 0 aliphatic carbocycles. The van der Waals surface area contributed by atoms with Crippen LogP contribution >= 0.6 is 11.8 Å². The highest BCUT2D eigenvalue weighted by Crippen LogP contribution is 2.29. The van der Waals surface area contributed by atoms with Crippen LogP contribution in [0.1, 0.15) is 32.2 Å². The van der Waals surface area contributed by atoms with E-state index in [1.807, 2.05) is 24.5 Å². The monoisotopic (exact) mass is 352 g/mol. The van der Waals surface area contributed by atoms with Crippen molar-refractivity contribution >= 4 is 17.4 Å². The molecule has 0 atom stereocenters. The van der Waals surface area contributed by atoms with Crippen molar-refractivity contribution in [2.45, 2.75) is 37.9 Å². The predicted octanol–water partition coefficient (Wildman–Crippen LogP) is 4.90. The third-order valence-corrected chi connectivity index (χ3v) is 4.70. The highest BCUT2D eigenvalue weighted by molar-refractivity contribution is 7.98. The summed E-state index contributed by atoms with van der Waals surface area (Å²) < 4.78 is 2.11. The Kier molecular flexibility index (Phi) is 5.13. The fourth-order valence-corrected chi connectivity index (χ4v) is 3.36. The molecule has 5 heteroatoms. The summed E-state index contributed by atoms with van der Waals surface area (Å²) in [6.45, 7) is 7.30. The van der Waals surface area contributed by atoms with Gasteiger partial charge >= 0.3 is 0 Å². The van der Waals surface area contributed by atoms with Gasteiger partial charge in [0.15, 0.2) is 11.0 Å². The normalized spacial score (nSPS) is 11.5. The molecule has 0 aliphatic heterocycles. The number of rotatable bonds is 5. The van der Waals surface area contributed by atoms with Gasteiger partial charge in [-0.15, -0.1) is 10.2 Å². The second-order valence-electron chi connectivity index (χ2n) is 6.92. The summed E-state index contributed by atoms with van der Waals surface area (Å²) in [6.07, 6.45) is 2.02. The standard InChI is InChI=1S/C20H24N4S/c1-20(2,3)16-12-8-9-13-17(16)21-14-18-22-23-19(25-4)24(18)15-10-6-5-7-11-15/h5-13,21H,14H2,1-4H3. The molecule has 0 saturated heterocycles. The van der Waals surface area contributed by atoms with Gasteiger partial charge in [-0.3, -0.25) is 4.57 Å². The van der Waals surface area contributed by atoms with Crippen molar-refractivity contribution in [1.82, 2.24) is 14.8 Å². The lowest BCUT2D eigenvalue weighted by molar-refractivity contribution is 0.591. The molecule has 0 radical (unpaired) electrons. The van der Waals surface area contributed by atoms with Crippen molar-refractivity contribution in [3.63, 3.8) is 0 Å². The van der Waals surface area contributed by atoms with Crippen molar-refractivity contribution in [2.75, 3.05) is 11.6 Å². The van der Waals surface area contributed by atoms with Crippen LogP contribution < -0.4 is 5.32 Å². The van der Waals surface area contributed by atoms with Gasteiger partial charge in [0.2, 0.25) is 0 Å². The fourth-order valence-electron chi connectivity index (χ4n) is 2.85. The maximum atomic E-state index is 4.40. The van der Waals surface area contributed by atoms with Crippen molar-refractivity contribution in [1.29, 1.82) is 0 Å². The summed E-state index contributed by atoms with van der Waals surface area (Å²) in [7, 11) is 0. The number of para-hydroxylation sites is 2. The minimum atomic E-state index is 0.0845. The van der Waals surface area contributed by atoms with Crippen LogP contribution in [0.3, 0.4) is 0 Å². The third-order valence-electron chi connectivity index (χ3n) is 4.07. The Morgan fingerprint density at radius 1 is 0.960 bits per heavy atom. The third kappa shape index (κ3) is 3.87. The Morgan fingerprint density at radius 3 is 2.32 bits per heavy atom. The van der Waals surface area contributed by atoms with Gasteiger partial charge in [-0.05, 0) is 35.4 Å². The van der Waals surface area contributed by atoms with Crippen molar-refractivity contribution in [2.24, 2.45) is 0 Å². The van der Waals surface area contributed by atoms with Crippen molar-refractivity contribution < 1.29 is 0 Å². The predicted molar refractivity (Wildman–Crippen MR) is 106 cm³/mol. The van der Waals surface area contributed by atoms with E-state index in [9.17, 15) is 0 Å². The lowest BCUT2D eigenvalue weighted by Crippen LogP contribution is -2.16. The minimum absolute atomic E-state index is 0.0845. The molecule has 0 bridgehead atoms. The SMILES string of the molecule is CSc1nnc(CNc2ccccc2C(C)(C)C)n1-c1ccccc1. The lowest BCUT2D eigenvalue weighted by Gasteiger charge is -2.23. The first-order valence-electron chi connectivity index (χ1n) is 8.38. The summed E-state index contributed by atoms with van der Waals surface area (Å²) in [5, 5.41) is 13.2. The molecule has 25 heavy (non-hydrogen) atoms. The van der Waals surface area contributed by atoms with Gasteiger partial charge in [0.25, 0.3) is 0 Å². The Bertz CT molecular complexity index is 834. The van der Waals surface area contributed by atoms with Gasteiger partial charge in [0.1, 0.15) is 0 Å². The average Bonchev–Trinajstić information content (AvgIpc) is 3.03. The van der Waals surface area contributed by atoms with Gasteiger partial charge in [-0.1, -0.05) is 68.9 Å². The maximum Gasteiger partial charge on any atom is 0.195 e. The van der Waals surface area contributed by atoms with Crippen LogP contribution in [0.5, 0.6) is 0 Å². The molecule has 0 spiro atoms. The number of aromatic nitrogens is 3. The molecule has 0 saturated carbocycles. The maximum absolute atomic E-state index is 4.40. The summed E-state index contributed by atoms with van der Waals surface area (Å²) in [6, 6.07) is 18.7. The van der Waals surface area contributed by atoms with Crippen LogP contribution in [0.15, 0.2) is 59.8 Å². The average molecular weight is 353 g/mol. The van der Waals surface area contributed by atoms with Gasteiger partial charge in [0, 0.05) is 11.4 Å². The van der Waals surface area contributed by atoms with E-state index in [2.05, 4.69) is 77.3 Å². The largest absolute Gasteiger partial charge is 0.377 e. The number of anilines is 1. The minimum Gasteiger partial charge on any atom is -0.377 e. The summed E-state index contributed by atoms with van der Waals surface area (Å²) in [5.74, 6) is 0.902. The van der Waals surface area contributed by atoms with E-state index in [1.54, 1.807) is 11.8 Å². The van der Waals surface area contributed by atoms with E-state index in [0.29, 0.717) is 6.54 Å². The smallest absolute Gasteiger partial charge is 0.195 e. The van der Waals surface area contributed by atoms with Crippen LogP contribution in [-0.4, -0.2) is 21.0 Å². The van der Waals surface area contributed by atoms with E-state index >= 15 is 0 Å². The molecule has 3 rings (SSSR count). The van der Waals surface area contributed by atoms with E-state index in [-0.39, 0.29) is 5.41 Å². The molecule has 1 aromatic heterocycles. The zero-order chi connectivity index (χ0) is 17.9. The first-order valence-corrected chi connectivity index (χ1v) is 9.60. The molecular weight excluding hydrogens is 328 g/mol. The van der Waals surface area contributed by atoms with E-state index in [1.165, 1.54) is 5.56 Å². The van der Waals surface area contributed by atoms with Gasteiger partial charge in [0.05, 0.1) is 6.54 Å². The quantitative estimate of drug-likeness (QED) is 0.663. The molecule has 0 aliphatic rings. The second-order valence-corrected chi connectivity index (χ2v) is 7.70. The number of benzene rings is 2. The van der Waals surface area contributed by atoms with Gasteiger partial charge in [-0.25, -0.2) is 0 Å². The Morgan fingerprint density at radius 2 is 1.64 bits per heavy atom. The highest BCUT2D eigenvalue weighted by Gasteiger charge is 2.18. The van der Waals surface area contributed by atoms with Crippen LogP contribution in [0.2, 0.25) is 0 Å². The second kappa shape index (κ2) is 7.31. The first-order chi connectivity index (χ1) is 12.0. The van der Waals surface area contributed by atoms with Crippen molar-refractivity contribution in [3.05, 3.63) is 66.0 Å². The topological polar surface area (TPSA) is 42.7 Å². The van der Waals surface area contributed by atoms with Crippen LogP contribution in [0, 0.1) is 0 Å². The van der Waals surface area contributed by atoms with Crippen LogP contribution in [0.4, 0.5) is 5.69 Å². The molecule has 3 aromatic rings. The number of hydrogen-bond donors (Lipinski definition) is 1. The molecule has 0 amide bonds. The molecule has 4 nitrogen and oxygen atoms in total. The highest BCUT2D eigenvalue weighted by atomic mass is 32.2. The molecule has 0 unspecified atom stereocenters. The molecule has 0 fully saturated rings. The Balaban J connectivity index is 1.90. The summed E-state index contributed by atoms with van der Waals surface area (Å²) >= 11 is 1.60. The van der Waals surface area contributed by atoms with E-state index in [0.717, 1.165) is 22.4 Å². The number of thioether (sulfide) groups is 1. The molecule has 1 heterocycles. The Labute approximate surface area is 153 Å². The number of nitrogens with one attached hydrogen (secondary N) is 1. The molecule has 2 aromatic carbocycles. The Hall–Kier alpha value is -2.27. The number of hydrogen-bond acceptors (Lipinski definition) is 4. The molecule has 1 N–H and O–H groups in total. The van der Waals surface area contributed by atoms with E-state index < -0.39 is 0 Å². The summed E-state index contributed by atoms with van der Waals surface area (Å²) in [4.78, 5) is 0. The zero-order valence-electron chi connectivity index (χ0n) is 15.2. The zero-order valence-corrected chi connectivity index (χ0v) is 16.0. The molecule has 130 valence electrons. The fraction of sp³-hybridized carbons (Fsp3) is 0.300. The van der Waals surface area contributed by atoms with Crippen molar-refractivity contribution in [3.8, 4) is 5.69 Å². The lowest BCUT2D eigenvalue weighted by atomic mass is 9.86. The van der Waals surface area contributed by atoms with Crippen LogP contribution in [0.25, 0.3) is 5.69 Å². The van der Waals surface area contributed by atoms with Crippen LogP contribution in [-0.2, 0) is 12.0 Å². The molecular formula is C20H24N4S.